The zero-order valence-electron chi connectivity index (χ0n) is 11.9. The van der Waals surface area contributed by atoms with E-state index in [0.29, 0.717) is 25.9 Å². The number of benzene rings is 1. The lowest BCUT2D eigenvalue weighted by molar-refractivity contribution is -0.142. The molecule has 0 atom stereocenters. The van der Waals surface area contributed by atoms with Crippen molar-refractivity contribution in [1.82, 2.24) is 4.72 Å². The lowest BCUT2D eigenvalue weighted by atomic mass is 10.1. The van der Waals surface area contributed by atoms with E-state index in [1.165, 1.54) is 12.1 Å². The molecule has 0 spiro atoms. The van der Waals surface area contributed by atoms with Crippen LogP contribution in [0.3, 0.4) is 0 Å². The molecule has 1 aromatic carbocycles. The van der Waals surface area contributed by atoms with Crippen LogP contribution in [-0.2, 0) is 14.8 Å². The van der Waals surface area contributed by atoms with E-state index in [4.69, 9.17) is 5.11 Å². The minimum atomic E-state index is -3.46. The van der Waals surface area contributed by atoms with Gasteiger partial charge in [-0.25, -0.2) is 13.1 Å². The fourth-order valence-electron chi connectivity index (χ4n) is 1.96. The Labute approximate surface area is 124 Å². The second-order valence-electron chi connectivity index (χ2n) is 5.36. The van der Waals surface area contributed by atoms with Crippen LogP contribution >= 0.6 is 0 Å². The Morgan fingerprint density at radius 1 is 1.29 bits per heavy atom. The number of nitrogens with one attached hydrogen (secondary N) is 2. The predicted octanol–water partition coefficient (Wildman–Crippen LogP) is 1.65. The molecule has 1 fully saturated rings. The number of aliphatic carboxylic acids is 1. The van der Waals surface area contributed by atoms with Crippen LogP contribution < -0.4 is 10.0 Å². The molecule has 6 nitrogen and oxygen atoms in total. The topological polar surface area (TPSA) is 95.5 Å². The lowest BCUT2D eigenvalue weighted by Crippen LogP contribution is -2.25. The molecule has 0 saturated heterocycles. The first-order chi connectivity index (χ1) is 9.89. The van der Waals surface area contributed by atoms with E-state index in [2.05, 4.69) is 10.0 Å². The standard InChI is InChI=1S/C14H20N2O4S/c1-2-9-16-21(19,20)12-5-3-11(4-6-12)15-10-14(7-8-14)13(17)18/h3-6,15-16H,2,7-10H2,1H3,(H,17,18). The summed E-state index contributed by atoms with van der Waals surface area (Å²) in [6.07, 6.45) is 2.10. The molecule has 1 saturated carbocycles. The van der Waals surface area contributed by atoms with Gasteiger partial charge in [-0.3, -0.25) is 4.79 Å². The largest absolute Gasteiger partial charge is 0.481 e. The van der Waals surface area contributed by atoms with E-state index in [0.717, 1.165) is 12.1 Å². The van der Waals surface area contributed by atoms with Gasteiger partial charge in [0, 0.05) is 18.8 Å². The van der Waals surface area contributed by atoms with Crippen molar-refractivity contribution in [2.45, 2.75) is 31.1 Å². The molecule has 1 aromatic rings. The monoisotopic (exact) mass is 312 g/mol. The van der Waals surface area contributed by atoms with Gasteiger partial charge in [-0.2, -0.15) is 0 Å². The number of rotatable bonds is 8. The Morgan fingerprint density at radius 3 is 2.38 bits per heavy atom. The van der Waals surface area contributed by atoms with E-state index < -0.39 is 21.4 Å². The van der Waals surface area contributed by atoms with Crippen molar-refractivity contribution in [2.75, 3.05) is 18.4 Å². The molecule has 0 radical (unpaired) electrons. The molecule has 0 amide bonds. The number of carboxylic acids is 1. The van der Waals surface area contributed by atoms with E-state index in [1.54, 1.807) is 12.1 Å². The Bertz CT molecular complexity index is 606. The molecule has 0 heterocycles. The first kappa shape index (κ1) is 15.8. The number of carbonyl (C=O) groups is 1. The minimum Gasteiger partial charge on any atom is -0.481 e. The van der Waals surface area contributed by atoms with Crippen LogP contribution in [0.1, 0.15) is 26.2 Å². The molecular weight excluding hydrogens is 292 g/mol. The Balaban J connectivity index is 1.98. The first-order valence-electron chi connectivity index (χ1n) is 6.97. The van der Waals surface area contributed by atoms with Crippen LogP contribution in [0.15, 0.2) is 29.2 Å². The van der Waals surface area contributed by atoms with Gasteiger partial charge in [0.15, 0.2) is 0 Å². The van der Waals surface area contributed by atoms with Crippen molar-refractivity contribution in [2.24, 2.45) is 5.41 Å². The summed E-state index contributed by atoms with van der Waals surface area (Å²) in [4.78, 5) is 11.3. The molecule has 1 aliphatic rings. The first-order valence-corrected chi connectivity index (χ1v) is 8.45. The number of sulfonamides is 1. The highest BCUT2D eigenvalue weighted by molar-refractivity contribution is 7.89. The van der Waals surface area contributed by atoms with Crippen LogP contribution in [-0.4, -0.2) is 32.6 Å². The van der Waals surface area contributed by atoms with Crippen molar-refractivity contribution in [3.05, 3.63) is 24.3 Å². The highest BCUT2D eigenvalue weighted by Gasteiger charge is 2.49. The van der Waals surface area contributed by atoms with Gasteiger partial charge in [0.1, 0.15) is 0 Å². The average molecular weight is 312 g/mol. The summed E-state index contributed by atoms with van der Waals surface area (Å²) in [6.45, 7) is 2.66. The molecule has 1 aliphatic carbocycles. The lowest BCUT2D eigenvalue weighted by Gasteiger charge is -2.12. The SMILES string of the molecule is CCCNS(=O)(=O)c1ccc(NCC2(C(=O)O)CC2)cc1. The van der Waals surface area contributed by atoms with Gasteiger partial charge in [-0.05, 0) is 43.5 Å². The summed E-state index contributed by atoms with van der Waals surface area (Å²) >= 11 is 0. The number of carboxylic acid groups (broad SMARTS) is 1. The molecule has 2 rings (SSSR count). The van der Waals surface area contributed by atoms with Crippen molar-refractivity contribution >= 4 is 21.7 Å². The maximum absolute atomic E-state index is 11.9. The summed E-state index contributed by atoms with van der Waals surface area (Å²) in [6, 6.07) is 6.33. The van der Waals surface area contributed by atoms with Gasteiger partial charge in [0.05, 0.1) is 10.3 Å². The van der Waals surface area contributed by atoms with Crippen LogP contribution in [0.2, 0.25) is 0 Å². The van der Waals surface area contributed by atoms with Crippen LogP contribution in [0.5, 0.6) is 0 Å². The third-order valence-electron chi connectivity index (χ3n) is 3.64. The van der Waals surface area contributed by atoms with E-state index >= 15 is 0 Å². The summed E-state index contributed by atoms with van der Waals surface area (Å²) in [5, 5.41) is 12.1. The van der Waals surface area contributed by atoms with E-state index in [-0.39, 0.29) is 4.90 Å². The highest BCUT2D eigenvalue weighted by atomic mass is 32.2. The summed E-state index contributed by atoms with van der Waals surface area (Å²) in [5.41, 5.74) is 0.0740. The minimum absolute atomic E-state index is 0.209. The van der Waals surface area contributed by atoms with Gasteiger partial charge in [0.2, 0.25) is 10.0 Å². The summed E-state index contributed by atoms with van der Waals surface area (Å²) in [5.74, 6) is -0.780. The molecule has 0 aliphatic heterocycles. The third-order valence-corrected chi connectivity index (χ3v) is 5.12. The highest BCUT2D eigenvalue weighted by Crippen LogP contribution is 2.45. The van der Waals surface area contributed by atoms with Gasteiger partial charge < -0.3 is 10.4 Å². The average Bonchev–Trinajstić information content (AvgIpc) is 3.25. The molecular formula is C14H20N2O4S. The van der Waals surface area contributed by atoms with Gasteiger partial charge in [-0.15, -0.1) is 0 Å². The molecule has 116 valence electrons. The van der Waals surface area contributed by atoms with Gasteiger partial charge in [0.25, 0.3) is 0 Å². The number of hydrogen-bond acceptors (Lipinski definition) is 4. The zero-order chi connectivity index (χ0) is 15.5. The smallest absolute Gasteiger partial charge is 0.311 e. The van der Waals surface area contributed by atoms with Crippen LogP contribution in [0.4, 0.5) is 5.69 Å². The number of hydrogen-bond donors (Lipinski definition) is 3. The third kappa shape index (κ3) is 3.74. The molecule has 3 N–H and O–H groups in total. The molecule has 0 unspecified atom stereocenters. The molecule has 21 heavy (non-hydrogen) atoms. The van der Waals surface area contributed by atoms with Gasteiger partial charge in [-0.1, -0.05) is 6.92 Å². The van der Waals surface area contributed by atoms with Crippen molar-refractivity contribution in [3.63, 3.8) is 0 Å². The summed E-state index contributed by atoms with van der Waals surface area (Å²) in [7, 11) is -3.46. The predicted molar refractivity (Wildman–Crippen MR) is 79.7 cm³/mol. The van der Waals surface area contributed by atoms with Gasteiger partial charge >= 0.3 is 5.97 Å². The van der Waals surface area contributed by atoms with Crippen molar-refractivity contribution in [1.29, 1.82) is 0 Å². The van der Waals surface area contributed by atoms with Crippen LogP contribution in [0, 0.1) is 5.41 Å². The molecule has 0 bridgehead atoms. The van der Waals surface area contributed by atoms with E-state index in [1.807, 2.05) is 6.92 Å². The van der Waals surface area contributed by atoms with Crippen molar-refractivity contribution < 1.29 is 18.3 Å². The fourth-order valence-corrected chi connectivity index (χ4v) is 3.09. The summed E-state index contributed by atoms with van der Waals surface area (Å²) < 4.78 is 26.3. The molecule has 0 aromatic heterocycles. The maximum Gasteiger partial charge on any atom is 0.311 e. The second kappa shape index (κ2) is 6.03. The van der Waals surface area contributed by atoms with Crippen molar-refractivity contribution in [3.8, 4) is 0 Å². The molecule has 7 heteroatoms. The quantitative estimate of drug-likeness (QED) is 0.678. The Kier molecular flexibility index (Phi) is 4.53. The van der Waals surface area contributed by atoms with E-state index in [9.17, 15) is 13.2 Å². The zero-order valence-corrected chi connectivity index (χ0v) is 12.7. The maximum atomic E-state index is 11.9. The fraction of sp³-hybridized carbons (Fsp3) is 0.500. The Morgan fingerprint density at radius 2 is 1.90 bits per heavy atom. The Hall–Kier alpha value is -1.60. The second-order valence-corrected chi connectivity index (χ2v) is 7.13. The normalized spacial score (nSPS) is 16.4. The number of anilines is 1. The van der Waals surface area contributed by atoms with Crippen LogP contribution in [0.25, 0.3) is 0 Å².